The van der Waals surface area contributed by atoms with E-state index in [-0.39, 0.29) is 25.5 Å². The number of aromatic nitrogens is 2. The second-order valence-electron chi connectivity index (χ2n) is 12.1. The Morgan fingerprint density at radius 1 is 0.574 bits per heavy atom. The Morgan fingerprint density at radius 3 is 2.17 bits per heavy atom. The summed E-state index contributed by atoms with van der Waals surface area (Å²) in [5.41, 5.74) is 13.0. The normalized spacial score (nSPS) is 12.5. The van der Waals surface area contributed by atoms with Gasteiger partial charge >= 0.3 is 0 Å². The predicted molar refractivity (Wildman–Crippen MR) is 193 cm³/mol. The third-order valence-electron chi connectivity index (χ3n) is 8.82. The molecule has 0 N–H and O–H groups in total. The summed E-state index contributed by atoms with van der Waals surface area (Å²) in [6, 6.07) is 57.2. The molecule has 0 saturated heterocycles. The zero-order valence-corrected chi connectivity index (χ0v) is 29.2. The van der Waals surface area contributed by atoms with Crippen molar-refractivity contribution in [3.63, 3.8) is 0 Å². The maximum Gasteiger partial charge on any atom is 0.0697 e. The number of pyridine rings is 1. The Balaban J connectivity index is 0.000000148. The smallest absolute Gasteiger partial charge is 0.0697 e. The molecular formula is C43H30IrN2S-2. The van der Waals surface area contributed by atoms with Gasteiger partial charge in [-0.1, -0.05) is 116 Å². The predicted octanol–water partition coefficient (Wildman–Crippen LogP) is 11.4. The molecule has 0 atom stereocenters. The zero-order chi connectivity index (χ0) is 31.1. The molecule has 1 radical (unpaired) electrons. The first-order valence-electron chi connectivity index (χ1n) is 15.5. The van der Waals surface area contributed by atoms with Gasteiger partial charge in [0.05, 0.1) is 11.0 Å². The van der Waals surface area contributed by atoms with Crippen LogP contribution >= 0.6 is 11.3 Å². The number of para-hydroxylation sites is 2. The molecule has 229 valence electrons. The van der Waals surface area contributed by atoms with Gasteiger partial charge in [-0.05, 0) is 51.4 Å². The minimum atomic E-state index is 0. The van der Waals surface area contributed by atoms with Gasteiger partial charge in [-0.15, -0.1) is 64.7 Å². The molecule has 1 aliphatic rings. The van der Waals surface area contributed by atoms with Gasteiger partial charge in [-0.3, -0.25) is 9.97 Å². The topological polar surface area (TPSA) is 25.8 Å². The fraction of sp³-hybridized carbons (Fsp3) is 0.0698. The molecule has 6 aromatic carbocycles. The van der Waals surface area contributed by atoms with Crippen LogP contribution in [0.15, 0.2) is 146 Å². The third kappa shape index (κ3) is 5.85. The van der Waals surface area contributed by atoms with Gasteiger partial charge < -0.3 is 0 Å². The van der Waals surface area contributed by atoms with E-state index in [4.69, 9.17) is 9.97 Å². The van der Waals surface area contributed by atoms with Crippen LogP contribution in [0.4, 0.5) is 0 Å². The molecule has 2 aromatic heterocycles. The van der Waals surface area contributed by atoms with Gasteiger partial charge in [-0.2, -0.15) is 11.3 Å². The molecule has 4 heteroatoms. The van der Waals surface area contributed by atoms with Crippen LogP contribution in [0.3, 0.4) is 0 Å². The first kappa shape index (κ1) is 30.9. The van der Waals surface area contributed by atoms with Crippen molar-refractivity contribution < 1.29 is 20.1 Å². The monoisotopic (exact) mass is 799 g/mol. The molecule has 0 saturated carbocycles. The molecule has 0 unspecified atom stereocenters. The van der Waals surface area contributed by atoms with E-state index in [2.05, 4.69) is 135 Å². The summed E-state index contributed by atoms with van der Waals surface area (Å²) >= 11 is 1.71. The number of fused-ring (bicyclic) bond motifs is 5. The van der Waals surface area contributed by atoms with Crippen LogP contribution in [0, 0.1) is 12.1 Å². The van der Waals surface area contributed by atoms with E-state index < -0.39 is 0 Å². The van der Waals surface area contributed by atoms with Crippen molar-refractivity contribution in [2.24, 2.45) is 0 Å². The Labute approximate surface area is 293 Å². The average molecular weight is 799 g/mol. The largest absolute Gasteiger partial charge is 0.296 e. The molecule has 0 fully saturated rings. The first-order chi connectivity index (χ1) is 22.5. The molecule has 2 heterocycles. The summed E-state index contributed by atoms with van der Waals surface area (Å²) in [4.78, 5) is 9.54. The van der Waals surface area contributed by atoms with Crippen LogP contribution in [0.25, 0.3) is 65.2 Å². The Bertz CT molecular complexity index is 2320. The van der Waals surface area contributed by atoms with E-state index in [0.717, 1.165) is 32.9 Å². The second kappa shape index (κ2) is 12.8. The van der Waals surface area contributed by atoms with Crippen molar-refractivity contribution >= 4 is 32.5 Å². The van der Waals surface area contributed by atoms with Gasteiger partial charge in [0.1, 0.15) is 0 Å². The van der Waals surface area contributed by atoms with E-state index in [0.29, 0.717) is 0 Å². The van der Waals surface area contributed by atoms with Gasteiger partial charge in [0.2, 0.25) is 0 Å². The maximum absolute atomic E-state index is 4.83. The van der Waals surface area contributed by atoms with E-state index >= 15 is 0 Å². The van der Waals surface area contributed by atoms with Crippen molar-refractivity contribution in [2.75, 3.05) is 0 Å². The number of benzene rings is 6. The maximum atomic E-state index is 4.83. The quantitative estimate of drug-likeness (QED) is 0.166. The average Bonchev–Trinajstić information content (AvgIpc) is 3.65. The minimum absolute atomic E-state index is 0. The number of rotatable bonds is 3. The number of nitrogens with zero attached hydrogens (tertiary/aromatic N) is 2. The van der Waals surface area contributed by atoms with Crippen LogP contribution in [0.1, 0.15) is 25.0 Å². The molecule has 0 aliphatic heterocycles. The summed E-state index contributed by atoms with van der Waals surface area (Å²) in [5.74, 6) is 0. The molecule has 8 aromatic rings. The molecule has 1 aliphatic carbocycles. The van der Waals surface area contributed by atoms with E-state index in [1.807, 2.05) is 36.4 Å². The second-order valence-corrected chi connectivity index (χ2v) is 13.1. The summed E-state index contributed by atoms with van der Waals surface area (Å²) in [7, 11) is 0. The van der Waals surface area contributed by atoms with Crippen LogP contribution < -0.4 is 0 Å². The van der Waals surface area contributed by atoms with E-state index in [9.17, 15) is 0 Å². The van der Waals surface area contributed by atoms with Gasteiger partial charge in [-0.25, -0.2) is 0 Å². The Morgan fingerprint density at radius 2 is 1.32 bits per heavy atom. The fourth-order valence-corrected chi connectivity index (χ4v) is 7.34. The van der Waals surface area contributed by atoms with Crippen LogP contribution in [0.5, 0.6) is 0 Å². The Kier molecular flexibility index (Phi) is 8.42. The zero-order valence-electron chi connectivity index (χ0n) is 26.0. The molecule has 9 rings (SSSR count). The summed E-state index contributed by atoms with van der Waals surface area (Å²) in [5, 5.41) is 2.19. The third-order valence-corrected chi connectivity index (χ3v) is 9.89. The number of thiazole rings is 1. The fourth-order valence-electron chi connectivity index (χ4n) is 6.39. The van der Waals surface area contributed by atoms with Crippen molar-refractivity contribution in [3.8, 4) is 44.1 Å². The van der Waals surface area contributed by atoms with Crippen LogP contribution in [-0.2, 0) is 25.5 Å². The van der Waals surface area contributed by atoms with Crippen molar-refractivity contribution in [3.05, 3.63) is 169 Å². The van der Waals surface area contributed by atoms with Crippen molar-refractivity contribution in [2.45, 2.75) is 19.3 Å². The number of hydrogen-bond donors (Lipinski definition) is 0. The van der Waals surface area contributed by atoms with E-state index in [1.165, 1.54) is 43.5 Å². The molecule has 0 spiro atoms. The molecular weight excluding hydrogens is 769 g/mol. The van der Waals surface area contributed by atoms with Gasteiger partial charge in [0.25, 0.3) is 0 Å². The van der Waals surface area contributed by atoms with E-state index in [1.54, 1.807) is 11.3 Å². The first-order valence-corrected chi connectivity index (χ1v) is 16.3. The van der Waals surface area contributed by atoms with Crippen molar-refractivity contribution in [1.29, 1.82) is 0 Å². The minimum Gasteiger partial charge on any atom is -0.296 e. The van der Waals surface area contributed by atoms with Gasteiger partial charge in [0, 0.05) is 29.8 Å². The Hall–Kier alpha value is -4.73. The number of hydrogen-bond acceptors (Lipinski definition) is 3. The van der Waals surface area contributed by atoms with Crippen LogP contribution in [-0.4, -0.2) is 9.97 Å². The molecule has 47 heavy (non-hydrogen) atoms. The SMILES string of the molecule is CC1(C)c2c[c-]c(-c3ccc4ccccc4n3)cc2-c2ccccc21.[Ir].[c-]1ccc(-c2ccccc2)cc1-c1nc2ccccc2s1. The summed E-state index contributed by atoms with van der Waals surface area (Å²) in [6.07, 6.45) is 0. The molecule has 0 bridgehead atoms. The standard InChI is InChI=1S/C24H18N.C19H12NS.Ir/c1-24(2)20-9-5-4-8-18(20)19-15-17(11-13-21(19)24)23-14-12-16-7-3-6-10-22(16)25-23;1-2-7-14(8-3-1)15-9-6-10-16(13-15)19-20-17-11-4-5-12-18(17)21-19;/h3-10,12-15H,1-2H3;1-9,11-13H;/q2*-1;. The molecule has 0 amide bonds. The van der Waals surface area contributed by atoms with Crippen LogP contribution in [0.2, 0.25) is 0 Å². The summed E-state index contributed by atoms with van der Waals surface area (Å²) < 4.78 is 1.21. The summed E-state index contributed by atoms with van der Waals surface area (Å²) in [6.45, 7) is 4.58. The van der Waals surface area contributed by atoms with Crippen molar-refractivity contribution in [1.82, 2.24) is 9.97 Å². The molecule has 2 nitrogen and oxygen atoms in total. The van der Waals surface area contributed by atoms with Gasteiger partial charge in [0.15, 0.2) is 0 Å².